The fraction of sp³-hybridized carbons (Fsp3) is 0.208. The van der Waals surface area contributed by atoms with Gasteiger partial charge >= 0.3 is 0 Å². The van der Waals surface area contributed by atoms with Gasteiger partial charge in [0, 0.05) is 31.7 Å². The van der Waals surface area contributed by atoms with E-state index in [2.05, 4.69) is 29.2 Å². The first-order chi connectivity index (χ1) is 14.1. The SMILES string of the molecule is O=C(c1ccc(F)c(F)c1)N1CCN(C(c2ccccc2)c2ccccc2)CC1. The van der Waals surface area contributed by atoms with Crippen molar-refractivity contribution in [1.82, 2.24) is 9.80 Å². The van der Waals surface area contributed by atoms with Gasteiger partial charge in [0.1, 0.15) is 0 Å². The number of nitrogens with zero attached hydrogens (tertiary/aromatic N) is 2. The van der Waals surface area contributed by atoms with Crippen LogP contribution < -0.4 is 0 Å². The second-order valence-electron chi connectivity index (χ2n) is 7.18. The van der Waals surface area contributed by atoms with E-state index in [4.69, 9.17) is 0 Å². The van der Waals surface area contributed by atoms with Gasteiger partial charge in [-0.05, 0) is 29.3 Å². The van der Waals surface area contributed by atoms with Gasteiger partial charge in [-0.25, -0.2) is 8.78 Å². The van der Waals surface area contributed by atoms with Crippen molar-refractivity contribution in [3.63, 3.8) is 0 Å². The fourth-order valence-electron chi connectivity index (χ4n) is 3.88. The van der Waals surface area contributed by atoms with Crippen molar-refractivity contribution in [3.05, 3.63) is 107 Å². The Hall–Kier alpha value is -3.05. The topological polar surface area (TPSA) is 23.6 Å². The van der Waals surface area contributed by atoms with Crippen molar-refractivity contribution in [2.45, 2.75) is 6.04 Å². The van der Waals surface area contributed by atoms with Gasteiger partial charge < -0.3 is 4.90 Å². The molecule has 0 radical (unpaired) electrons. The molecule has 1 aliphatic rings. The van der Waals surface area contributed by atoms with Gasteiger partial charge in [0.2, 0.25) is 0 Å². The number of amides is 1. The smallest absolute Gasteiger partial charge is 0.254 e. The molecule has 148 valence electrons. The summed E-state index contributed by atoms with van der Waals surface area (Å²) in [4.78, 5) is 16.8. The summed E-state index contributed by atoms with van der Waals surface area (Å²) in [5, 5.41) is 0. The Kier molecular flexibility index (Phi) is 5.67. The first-order valence-electron chi connectivity index (χ1n) is 9.72. The number of hydrogen-bond donors (Lipinski definition) is 0. The molecule has 29 heavy (non-hydrogen) atoms. The van der Waals surface area contributed by atoms with Crippen LogP contribution >= 0.6 is 0 Å². The summed E-state index contributed by atoms with van der Waals surface area (Å²) < 4.78 is 26.7. The molecular formula is C24H22F2N2O. The van der Waals surface area contributed by atoms with Crippen LogP contribution in [0.1, 0.15) is 27.5 Å². The molecule has 0 spiro atoms. The second-order valence-corrected chi connectivity index (χ2v) is 7.18. The number of hydrogen-bond acceptors (Lipinski definition) is 2. The van der Waals surface area contributed by atoms with Gasteiger partial charge in [0.05, 0.1) is 6.04 Å². The first-order valence-corrected chi connectivity index (χ1v) is 9.72. The van der Waals surface area contributed by atoms with Crippen molar-refractivity contribution in [2.75, 3.05) is 26.2 Å². The lowest BCUT2D eigenvalue weighted by molar-refractivity contribution is 0.0597. The lowest BCUT2D eigenvalue weighted by Crippen LogP contribution is -2.49. The molecule has 1 heterocycles. The maximum absolute atomic E-state index is 13.5. The number of carbonyl (C=O) groups excluding carboxylic acids is 1. The zero-order chi connectivity index (χ0) is 20.2. The Morgan fingerprint density at radius 3 is 1.79 bits per heavy atom. The van der Waals surface area contributed by atoms with Crippen LogP contribution in [0.4, 0.5) is 8.78 Å². The molecule has 3 nitrogen and oxygen atoms in total. The van der Waals surface area contributed by atoms with E-state index in [1.165, 1.54) is 17.2 Å². The van der Waals surface area contributed by atoms with E-state index in [0.717, 1.165) is 12.1 Å². The van der Waals surface area contributed by atoms with Crippen molar-refractivity contribution in [1.29, 1.82) is 0 Å². The van der Waals surface area contributed by atoms with E-state index in [-0.39, 0.29) is 17.5 Å². The average molecular weight is 392 g/mol. The van der Waals surface area contributed by atoms with E-state index in [1.807, 2.05) is 36.4 Å². The molecule has 0 bridgehead atoms. The van der Waals surface area contributed by atoms with Crippen molar-refractivity contribution >= 4 is 5.91 Å². The van der Waals surface area contributed by atoms with Crippen LogP contribution in [-0.4, -0.2) is 41.9 Å². The molecule has 0 saturated carbocycles. The largest absolute Gasteiger partial charge is 0.336 e. The normalized spacial score (nSPS) is 14.9. The number of halogens is 2. The van der Waals surface area contributed by atoms with Crippen LogP contribution in [0.3, 0.4) is 0 Å². The Labute approximate surface area is 169 Å². The van der Waals surface area contributed by atoms with Crippen LogP contribution in [0.5, 0.6) is 0 Å². The second kappa shape index (κ2) is 8.53. The average Bonchev–Trinajstić information content (AvgIpc) is 2.77. The summed E-state index contributed by atoms with van der Waals surface area (Å²) in [7, 11) is 0. The number of carbonyl (C=O) groups is 1. The Bertz CT molecular complexity index is 931. The van der Waals surface area contributed by atoms with Gasteiger partial charge in [-0.3, -0.25) is 9.69 Å². The minimum Gasteiger partial charge on any atom is -0.336 e. The van der Waals surface area contributed by atoms with Crippen LogP contribution in [0.2, 0.25) is 0 Å². The van der Waals surface area contributed by atoms with Gasteiger partial charge in [-0.15, -0.1) is 0 Å². The third-order valence-corrected chi connectivity index (χ3v) is 5.36. The molecule has 0 aliphatic carbocycles. The lowest BCUT2D eigenvalue weighted by atomic mass is 9.96. The molecule has 1 aliphatic heterocycles. The maximum Gasteiger partial charge on any atom is 0.254 e. The highest BCUT2D eigenvalue weighted by atomic mass is 19.2. The standard InChI is InChI=1S/C24H22F2N2O/c25-21-12-11-20(17-22(21)26)24(29)28-15-13-27(14-16-28)23(18-7-3-1-4-8-18)19-9-5-2-6-10-19/h1-12,17,23H,13-16H2. The van der Waals surface area contributed by atoms with E-state index >= 15 is 0 Å². The van der Waals surface area contributed by atoms with Crippen LogP contribution in [0, 0.1) is 11.6 Å². The quantitative estimate of drug-likeness (QED) is 0.652. The van der Waals surface area contributed by atoms with Crippen LogP contribution in [-0.2, 0) is 0 Å². The zero-order valence-electron chi connectivity index (χ0n) is 16.0. The number of rotatable bonds is 4. The van der Waals surface area contributed by atoms with E-state index in [1.54, 1.807) is 4.90 Å². The lowest BCUT2D eigenvalue weighted by Gasteiger charge is -2.39. The zero-order valence-corrected chi connectivity index (χ0v) is 16.0. The Balaban J connectivity index is 1.51. The van der Waals surface area contributed by atoms with Crippen molar-refractivity contribution < 1.29 is 13.6 Å². The highest BCUT2D eigenvalue weighted by molar-refractivity contribution is 5.94. The maximum atomic E-state index is 13.5. The van der Waals surface area contributed by atoms with Crippen LogP contribution in [0.25, 0.3) is 0 Å². The summed E-state index contributed by atoms with van der Waals surface area (Å²) >= 11 is 0. The molecule has 0 N–H and O–H groups in total. The third-order valence-electron chi connectivity index (χ3n) is 5.36. The van der Waals surface area contributed by atoms with Gasteiger partial charge in [-0.1, -0.05) is 60.7 Å². The fourth-order valence-corrected chi connectivity index (χ4v) is 3.88. The molecule has 3 aromatic rings. The molecule has 0 unspecified atom stereocenters. The monoisotopic (exact) mass is 392 g/mol. The number of benzene rings is 3. The van der Waals surface area contributed by atoms with Crippen molar-refractivity contribution in [2.24, 2.45) is 0 Å². The molecule has 4 rings (SSSR count). The van der Waals surface area contributed by atoms with E-state index < -0.39 is 11.6 Å². The molecule has 1 amide bonds. The highest BCUT2D eigenvalue weighted by Gasteiger charge is 2.28. The van der Waals surface area contributed by atoms with Crippen molar-refractivity contribution in [3.8, 4) is 0 Å². The summed E-state index contributed by atoms with van der Waals surface area (Å²) in [6.45, 7) is 2.47. The number of piperazine rings is 1. The Morgan fingerprint density at radius 2 is 1.28 bits per heavy atom. The third kappa shape index (κ3) is 4.20. The predicted octanol–water partition coefficient (Wildman–Crippen LogP) is 4.51. The minimum atomic E-state index is -0.997. The summed E-state index contributed by atoms with van der Waals surface area (Å²) in [5.74, 6) is -2.21. The molecule has 0 atom stereocenters. The minimum absolute atomic E-state index is 0.109. The predicted molar refractivity (Wildman–Crippen MR) is 109 cm³/mol. The first kappa shape index (κ1) is 19.3. The molecule has 3 aromatic carbocycles. The summed E-state index contributed by atoms with van der Waals surface area (Å²) in [5.41, 5.74) is 2.60. The van der Waals surface area contributed by atoms with E-state index in [0.29, 0.717) is 26.2 Å². The molecule has 5 heteroatoms. The molecule has 0 aromatic heterocycles. The Morgan fingerprint density at radius 1 is 0.724 bits per heavy atom. The molecular weight excluding hydrogens is 370 g/mol. The molecule has 1 saturated heterocycles. The van der Waals surface area contributed by atoms with E-state index in [9.17, 15) is 13.6 Å². The van der Waals surface area contributed by atoms with Gasteiger partial charge in [-0.2, -0.15) is 0 Å². The molecule has 1 fully saturated rings. The van der Waals surface area contributed by atoms with Gasteiger partial charge in [0.15, 0.2) is 11.6 Å². The summed E-state index contributed by atoms with van der Waals surface area (Å²) in [6, 6.07) is 24.1. The van der Waals surface area contributed by atoms with Crippen LogP contribution in [0.15, 0.2) is 78.9 Å². The summed E-state index contributed by atoms with van der Waals surface area (Å²) in [6.07, 6.45) is 0. The highest BCUT2D eigenvalue weighted by Crippen LogP contribution is 2.29. The van der Waals surface area contributed by atoms with Gasteiger partial charge in [0.25, 0.3) is 5.91 Å².